The Bertz CT molecular complexity index is 1370. The second kappa shape index (κ2) is 9.30. The molecule has 0 radical (unpaired) electrons. The molecular weight excluding hydrogens is 544 g/mol. The van der Waals surface area contributed by atoms with Crippen LogP contribution in [0.5, 0.6) is 5.75 Å². The third kappa shape index (κ3) is 4.35. The van der Waals surface area contributed by atoms with E-state index in [0.717, 1.165) is 4.90 Å². The predicted octanol–water partition coefficient (Wildman–Crippen LogP) is -1.09. The Balaban J connectivity index is 1.49. The number of phenolic OH excluding ortho intramolecular Hbond substituents is 1. The molecule has 1 aromatic rings. The molecule has 9 N–H and O–H groups in total. The van der Waals surface area contributed by atoms with E-state index in [-0.39, 0.29) is 61.0 Å². The number of nitrogens with one attached hydrogen (secondary N) is 2. The van der Waals surface area contributed by atoms with Crippen molar-refractivity contribution in [3.8, 4) is 5.75 Å². The quantitative estimate of drug-likeness (QED) is 0.167. The fraction of sp³-hybridized carbons (Fsp3) is 0.607. The van der Waals surface area contributed by atoms with Crippen molar-refractivity contribution >= 4 is 29.6 Å². The highest BCUT2D eigenvalue weighted by atomic mass is 16.5. The Morgan fingerprint density at radius 2 is 1.60 bits per heavy atom. The molecule has 0 unspecified atom stereocenters. The van der Waals surface area contributed by atoms with Gasteiger partial charge in [0.2, 0.25) is 17.6 Å². The predicted molar refractivity (Wildman–Crippen MR) is 153 cm³/mol. The summed E-state index contributed by atoms with van der Waals surface area (Å²) in [6.45, 7) is 11.2. The van der Waals surface area contributed by atoms with Crippen LogP contribution in [0.2, 0.25) is 0 Å². The van der Waals surface area contributed by atoms with Crippen LogP contribution < -0.4 is 22.1 Å². The summed E-state index contributed by atoms with van der Waals surface area (Å²) < 4.78 is 0. The molecule has 3 amide bonds. The summed E-state index contributed by atoms with van der Waals surface area (Å²) >= 11 is 0. The number of imide groups is 1. The average Bonchev–Trinajstić information content (AvgIpc) is 3.45. The van der Waals surface area contributed by atoms with Crippen LogP contribution in [0.1, 0.15) is 75.9 Å². The van der Waals surface area contributed by atoms with Crippen LogP contribution in [0.4, 0.5) is 0 Å². The van der Waals surface area contributed by atoms with Gasteiger partial charge in [0.1, 0.15) is 17.8 Å². The molecule has 2 saturated heterocycles. The zero-order valence-corrected chi connectivity index (χ0v) is 24.7. The van der Waals surface area contributed by atoms with Crippen LogP contribution in [0, 0.1) is 0 Å². The third-order valence-electron chi connectivity index (χ3n) is 8.62. The number of phenols is 1. The van der Waals surface area contributed by atoms with Crippen LogP contribution in [0.3, 0.4) is 0 Å². The lowest BCUT2D eigenvalue weighted by Gasteiger charge is -2.49. The Labute approximate surface area is 243 Å². The molecule has 1 spiro atoms. The van der Waals surface area contributed by atoms with Gasteiger partial charge in [-0.3, -0.25) is 19.3 Å². The number of rotatable bonds is 4. The summed E-state index contributed by atoms with van der Waals surface area (Å²) in [5.41, 5.74) is 10.9. The van der Waals surface area contributed by atoms with Gasteiger partial charge in [0.25, 0.3) is 5.91 Å². The van der Waals surface area contributed by atoms with Crippen molar-refractivity contribution in [2.75, 3.05) is 13.1 Å². The number of aliphatic hydroxyl groups is 2. The molecule has 4 aliphatic heterocycles. The van der Waals surface area contributed by atoms with E-state index in [1.807, 2.05) is 41.5 Å². The van der Waals surface area contributed by atoms with E-state index in [1.165, 1.54) is 4.90 Å². The topological polar surface area (TPSA) is 219 Å². The number of guanidine groups is 2. The molecule has 228 valence electrons. The van der Waals surface area contributed by atoms with Gasteiger partial charge in [0, 0.05) is 36.1 Å². The Hall–Kier alpha value is -3.91. The maximum absolute atomic E-state index is 13.7. The molecule has 0 saturated carbocycles. The van der Waals surface area contributed by atoms with Crippen LogP contribution in [-0.4, -0.2) is 97.4 Å². The molecule has 2 fully saturated rings. The number of carbonyl (C=O) groups excluding carboxylic acids is 3. The highest BCUT2D eigenvalue weighted by molar-refractivity contribution is 6.02. The SMILES string of the molecule is CC(C)(C)c1cc(C(=O)N[C@H]2CN3C(N)=N[C@@H](CN4C(=O)CCC4=O)[C@@H]4N=C(N)N[C@@]43C2(O)O)cc(C(C)(C)C)c1O. The maximum Gasteiger partial charge on any atom is 0.251 e. The monoisotopic (exact) mass is 584 g/mol. The number of hydrogen-bond donors (Lipinski definition) is 7. The van der Waals surface area contributed by atoms with Crippen molar-refractivity contribution < 1.29 is 29.7 Å². The highest BCUT2D eigenvalue weighted by Crippen LogP contribution is 2.45. The van der Waals surface area contributed by atoms with Crippen molar-refractivity contribution in [3.05, 3.63) is 28.8 Å². The molecule has 1 aromatic carbocycles. The number of amides is 3. The number of aromatic hydroxyl groups is 1. The van der Waals surface area contributed by atoms with Crippen molar-refractivity contribution in [1.82, 2.24) is 20.4 Å². The summed E-state index contributed by atoms with van der Waals surface area (Å²) in [4.78, 5) is 49.7. The summed E-state index contributed by atoms with van der Waals surface area (Å²) in [6, 6.07) is -0.0744. The number of nitrogens with zero attached hydrogens (tertiary/aromatic N) is 4. The molecule has 4 heterocycles. The van der Waals surface area contributed by atoms with Crippen LogP contribution in [0.15, 0.2) is 22.1 Å². The lowest BCUT2D eigenvalue weighted by Crippen LogP contribution is -2.78. The van der Waals surface area contributed by atoms with Gasteiger partial charge in [-0.05, 0) is 23.0 Å². The second-order valence-corrected chi connectivity index (χ2v) is 13.6. The number of benzene rings is 1. The van der Waals surface area contributed by atoms with E-state index in [1.54, 1.807) is 12.1 Å². The normalized spacial score (nSPS) is 28.7. The molecule has 0 aromatic heterocycles. The van der Waals surface area contributed by atoms with Crippen LogP contribution in [0.25, 0.3) is 0 Å². The Kier molecular flexibility index (Phi) is 6.55. The summed E-state index contributed by atoms with van der Waals surface area (Å²) in [7, 11) is 0. The first-order valence-corrected chi connectivity index (χ1v) is 14.0. The fourth-order valence-electron chi connectivity index (χ4n) is 6.40. The smallest absolute Gasteiger partial charge is 0.251 e. The minimum Gasteiger partial charge on any atom is -0.507 e. The molecule has 42 heavy (non-hydrogen) atoms. The van der Waals surface area contributed by atoms with E-state index in [2.05, 4.69) is 20.6 Å². The van der Waals surface area contributed by atoms with Crippen LogP contribution >= 0.6 is 0 Å². The van der Waals surface area contributed by atoms with Crippen molar-refractivity contribution in [1.29, 1.82) is 0 Å². The number of carbonyl (C=O) groups is 3. The summed E-state index contributed by atoms with van der Waals surface area (Å²) in [6.07, 6.45) is 0.166. The molecule has 14 heteroatoms. The number of nitrogens with two attached hydrogens (primary N) is 2. The molecular formula is C28H40N8O6. The van der Waals surface area contributed by atoms with Gasteiger partial charge in [-0.15, -0.1) is 0 Å². The Morgan fingerprint density at radius 3 is 2.12 bits per heavy atom. The highest BCUT2D eigenvalue weighted by Gasteiger charge is 2.73. The fourth-order valence-corrected chi connectivity index (χ4v) is 6.40. The summed E-state index contributed by atoms with van der Waals surface area (Å²) in [5, 5.41) is 40.2. The minimum atomic E-state index is -2.69. The standard InChI is InChI=1S/C28H40N8O6/c1-25(2,3)14-9-13(10-15(20(14)39)26(4,5)6)22(40)32-17-12-36-24(30)31-16(11-35-18(37)7-8-19(35)38)21-27(36,28(17,41)42)34-23(29)33-21/h9-10,16-17,21,39,41-42H,7-8,11-12H2,1-6H3,(H2,30,31)(H,32,40)(H3,29,33,34)/t16-,17-,21-,27-/m0/s1. The van der Waals surface area contributed by atoms with E-state index in [9.17, 15) is 29.7 Å². The molecule has 0 aliphatic carbocycles. The lowest BCUT2D eigenvalue weighted by molar-refractivity contribution is -0.230. The van der Waals surface area contributed by atoms with E-state index >= 15 is 0 Å². The van der Waals surface area contributed by atoms with Crippen molar-refractivity contribution in [2.45, 2.75) is 94.8 Å². The molecule has 5 rings (SSSR count). The van der Waals surface area contributed by atoms with E-state index in [0.29, 0.717) is 11.1 Å². The van der Waals surface area contributed by atoms with Gasteiger partial charge in [-0.25, -0.2) is 9.98 Å². The van der Waals surface area contributed by atoms with Crippen LogP contribution in [-0.2, 0) is 20.4 Å². The minimum absolute atomic E-state index is 0.0828. The zero-order chi connectivity index (χ0) is 31.2. The zero-order valence-electron chi connectivity index (χ0n) is 24.7. The maximum atomic E-state index is 13.7. The molecule has 4 atom stereocenters. The first-order chi connectivity index (χ1) is 19.3. The van der Waals surface area contributed by atoms with Gasteiger partial charge in [0.15, 0.2) is 17.6 Å². The first-order valence-electron chi connectivity index (χ1n) is 14.0. The van der Waals surface area contributed by atoms with Gasteiger partial charge in [-0.2, -0.15) is 0 Å². The first kappa shape index (κ1) is 29.6. The van der Waals surface area contributed by atoms with Gasteiger partial charge >= 0.3 is 0 Å². The molecule has 0 bridgehead atoms. The van der Waals surface area contributed by atoms with Gasteiger partial charge in [-0.1, -0.05) is 41.5 Å². The lowest BCUT2D eigenvalue weighted by atomic mass is 9.78. The largest absolute Gasteiger partial charge is 0.507 e. The number of hydrogen-bond acceptors (Lipinski definition) is 12. The van der Waals surface area contributed by atoms with Gasteiger partial charge < -0.3 is 42.3 Å². The number of aliphatic imine (C=N–C) groups is 2. The average molecular weight is 585 g/mol. The molecule has 4 aliphatic rings. The second-order valence-electron chi connectivity index (χ2n) is 13.6. The number of likely N-dealkylation sites (tertiary alicyclic amines) is 1. The third-order valence-corrected chi connectivity index (χ3v) is 8.62. The van der Waals surface area contributed by atoms with Crippen molar-refractivity contribution in [2.24, 2.45) is 21.5 Å². The van der Waals surface area contributed by atoms with E-state index < -0.39 is 46.3 Å². The van der Waals surface area contributed by atoms with Gasteiger partial charge in [0.05, 0.1) is 12.6 Å². The molecule has 14 nitrogen and oxygen atoms in total. The van der Waals surface area contributed by atoms with Crippen molar-refractivity contribution in [3.63, 3.8) is 0 Å². The van der Waals surface area contributed by atoms with E-state index in [4.69, 9.17) is 11.5 Å². The Morgan fingerprint density at radius 1 is 1.05 bits per heavy atom. The summed E-state index contributed by atoms with van der Waals surface area (Å²) in [5.74, 6) is -4.09.